The van der Waals surface area contributed by atoms with Crippen molar-refractivity contribution in [2.24, 2.45) is 56.7 Å². The van der Waals surface area contributed by atoms with Crippen LogP contribution < -0.4 is 0 Å². The first-order chi connectivity index (χ1) is 14.9. The van der Waals surface area contributed by atoms with Crippen LogP contribution in [0.3, 0.4) is 0 Å². The summed E-state index contributed by atoms with van der Waals surface area (Å²) in [6.07, 6.45) is 14.6. The van der Waals surface area contributed by atoms with Crippen molar-refractivity contribution < 1.29 is 4.74 Å². The molecule has 0 amide bonds. The van der Waals surface area contributed by atoms with Gasteiger partial charge in [0.1, 0.15) is 0 Å². The van der Waals surface area contributed by atoms with E-state index in [1.165, 1.54) is 69.8 Å². The molecule has 0 aliphatic heterocycles. The molecule has 32 heavy (non-hydrogen) atoms. The smallest absolute Gasteiger partial charge is 0.0625 e. The van der Waals surface area contributed by atoms with Gasteiger partial charge in [-0.15, -0.1) is 0 Å². The Morgan fingerprint density at radius 1 is 0.688 bits per heavy atom. The fraction of sp³-hybridized carbons (Fsp3) is 0.935. The summed E-state index contributed by atoms with van der Waals surface area (Å²) >= 11 is 0. The molecule has 5 rings (SSSR count). The van der Waals surface area contributed by atoms with Crippen LogP contribution in [0.5, 0.6) is 0 Å². The molecule has 0 aromatic heterocycles. The molecule has 1 nitrogen and oxygen atoms in total. The third-order valence-corrected chi connectivity index (χ3v) is 13.8. The van der Waals surface area contributed by atoms with Crippen molar-refractivity contribution >= 4 is 0 Å². The van der Waals surface area contributed by atoms with Crippen molar-refractivity contribution in [3.05, 3.63) is 12.2 Å². The Bertz CT molecular complexity index is 781. The van der Waals surface area contributed by atoms with Crippen LogP contribution >= 0.6 is 0 Å². The topological polar surface area (TPSA) is 9.23 Å². The maximum absolute atomic E-state index is 6.05. The van der Waals surface area contributed by atoms with Gasteiger partial charge in [-0.1, -0.05) is 53.7 Å². The highest BCUT2D eigenvalue weighted by molar-refractivity contribution is 5.21. The Hall–Kier alpha value is -0.300. The summed E-state index contributed by atoms with van der Waals surface area (Å²) in [7, 11) is 1.95. The molecule has 5 aliphatic carbocycles. The number of methoxy groups -OCH3 is 1. The molecule has 0 saturated heterocycles. The van der Waals surface area contributed by atoms with Gasteiger partial charge in [0, 0.05) is 7.11 Å². The number of ether oxygens (including phenoxy) is 1. The lowest BCUT2D eigenvalue weighted by atomic mass is 9.32. The van der Waals surface area contributed by atoms with Crippen molar-refractivity contribution in [2.75, 3.05) is 7.11 Å². The average Bonchev–Trinajstić information content (AvgIpc) is 3.05. The first-order valence-electron chi connectivity index (χ1n) is 14.0. The number of allylic oxidation sites excluding steroid dienone is 1. The highest BCUT2D eigenvalue weighted by Gasteiger charge is 2.70. The van der Waals surface area contributed by atoms with E-state index in [0.29, 0.717) is 33.2 Å². The fourth-order valence-corrected chi connectivity index (χ4v) is 12.2. The first-order valence-corrected chi connectivity index (χ1v) is 14.0. The minimum absolute atomic E-state index is 0.296. The summed E-state index contributed by atoms with van der Waals surface area (Å²) in [6, 6.07) is 0. The second-order valence-electron chi connectivity index (χ2n) is 14.8. The Kier molecular flexibility index (Phi) is 5.21. The molecule has 182 valence electrons. The third kappa shape index (κ3) is 2.67. The Morgan fingerprint density at radius 2 is 1.25 bits per heavy atom. The number of rotatable bonds is 2. The van der Waals surface area contributed by atoms with E-state index in [9.17, 15) is 0 Å². The van der Waals surface area contributed by atoms with Crippen LogP contribution in [0.15, 0.2) is 12.2 Å². The quantitative estimate of drug-likeness (QED) is 0.390. The van der Waals surface area contributed by atoms with Gasteiger partial charge in [0.05, 0.1) is 6.10 Å². The van der Waals surface area contributed by atoms with Gasteiger partial charge in [-0.25, -0.2) is 0 Å². The highest BCUT2D eigenvalue weighted by atomic mass is 16.5. The van der Waals surface area contributed by atoms with Crippen LogP contribution in [-0.2, 0) is 4.74 Å². The van der Waals surface area contributed by atoms with Gasteiger partial charge in [0.2, 0.25) is 0 Å². The van der Waals surface area contributed by atoms with Crippen LogP contribution in [0.2, 0.25) is 0 Å². The molecule has 0 N–H and O–H groups in total. The third-order valence-electron chi connectivity index (χ3n) is 13.8. The molecule has 5 aliphatic rings. The van der Waals surface area contributed by atoms with Gasteiger partial charge in [-0.05, 0) is 128 Å². The predicted molar refractivity (Wildman–Crippen MR) is 135 cm³/mol. The molecule has 0 unspecified atom stereocenters. The minimum Gasteiger partial charge on any atom is -0.381 e. The van der Waals surface area contributed by atoms with E-state index in [1.54, 1.807) is 0 Å². The van der Waals surface area contributed by atoms with Crippen molar-refractivity contribution in [2.45, 2.75) is 119 Å². The van der Waals surface area contributed by atoms with E-state index in [4.69, 9.17) is 4.74 Å². The van der Waals surface area contributed by atoms with Crippen molar-refractivity contribution in [3.63, 3.8) is 0 Å². The van der Waals surface area contributed by atoms with Gasteiger partial charge in [-0.3, -0.25) is 0 Å². The lowest BCUT2D eigenvalue weighted by Gasteiger charge is -2.73. The molecule has 0 bridgehead atoms. The van der Waals surface area contributed by atoms with E-state index in [2.05, 4.69) is 55.0 Å². The van der Waals surface area contributed by atoms with Crippen LogP contribution in [-0.4, -0.2) is 13.2 Å². The first kappa shape index (κ1) is 23.4. The van der Waals surface area contributed by atoms with Crippen LogP contribution in [0.1, 0.15) is 113 Å². The molecular formula is C31H52O. The number of hydrogen-bond donors (Lipinski definition) is 0. The molecule has 0 heterocycles. The van der Waals surface area contributed by atoms with Crippen molar-refractivity contribution in [1.29, 1.82) is 0 Å². The fourth-order valence-electron chi connectivity index (χ4n) is 12.2. The van der Waals surface area contributed by atoms with E-state index in [-0.39, 0.29) is 0 Å². The monoisotopic (exact) mass is 440 g/mol. The van der Waals surface area contributed by atoms with Crippen molar-refractivity contribution in [1.82, 2.24) is 0 Å². The molecule has 5 saturated carbocycles. The Labute approximate surface area is 199 Å². The molecule has 0 aromatic carbocycles. The maximum atomic E-state index is 6.05. The average molecular weight is 441 g/mol. The van der Waals surface area contributed by atoms with Crippen LogP contribution in [0.4, 0.5) is 0 Å². The molecular weight excluding hydrogens is 388 g/mol. The SMILES string of the molecule is C=C(C)[C@H]1CC[C@]2(C)[C@H]3CC[C@@H]4[C@@]5(C)CC[C@H](OC)C(C)(C)[C@@H]5CC[C@@]4(C)[C@]3(C)CC[C@@H]12. The summed E-state index contributed by atoms with van der Waals surface area (Å²) in [4.78, 5) is 0. The zero-order chi connectivity index (χ0) is 23.3. The molecule has 1 heteroatoms. The molecule has 5 fully saturated rings. The normalized spacial score (nSPS) is 56.5. The van der Waals surface area contributed by atoms with Crippen molar-refractivity contribution in [3.8, 4) is 0 Å². The molecule has 0 aromatic rings. The minimum atomic E-state index is 0.296. The number of hydrogen-bond acceptors (Lipinski definition) is 1. The number of fused-ring (bicyclic) bond motifs is 7. The second kappa shape index (κ2) is 7.11. The molecule has 0 spiro atoms. The summed E-state index contributed by atoms with van der Waals surface area (Å²) in [6.45, 7) is 22.8. The van der Waals surface area contributed by atoms with E-state index in [1.807, 2.05) is 7.11 Å². The van der Waals surface area contributed by atoms with Crippen LogP contribution in [0.25, 0.3) is 0 Å². The van der Waals surface area contributed by atoms with E-state index in [0.717, 1.165) is 29.6 Å². The standard InChI is InChI=1S/C31H52O/c1-20(2)21-12-16-28(5)22(21)13-18-30(7)24(28)10-11-25-29(6)17-15-26(32-9)27(3,4)23(29)14-19-31(25,30)8/h21-26H,1,10-19H2,2-9H3/t21-,22+,23+,24-,25-,26+,28+,29+,30-,31-/m1/s1. The molecule has 0 radical (unpaired) electrons. The Morgan fingerprint density at radius 3 is 1.84 bits per heavy atom. The van der Waals surface area contributed by atoms with Gasteiger partial charge in [0.25, 0.3) is 0 Å². The highest BCUT2D eigenvalue weighted by Crippen LogP contribution is 2.78. The largest absolute Gasteiger partial charge is 0.381 e. The van der Waals surface area contributed by atoms with Gasteiger partial charge in [0.15, 0.2) is 0 Å². The van der Waals surface area contributed by atoms with E-state index < -0.39 is 0 Å². The second-order valence-corrected chi connectivity index (χ2v) is 14.8. The van der Waals surface area contributed by atoms with Crippen LogP contribution in [0, 0.1) is 56.7 Å². The zero-order valence-corrected chi connectivity index (χ0v) is 22.7. The summed E-state index contributed by atoms with van der Waals surface area (Å²) in [5, 5.41) is 0. The van der Waals surface area contributed by atoms with Gasteiger partial charge >= 0.3 is 0 Å². The predicted octanol–water partition coefficient (Wildman–Crippen LogP) is 8.68. The summed E-state index contributed by atoms with van der Waals surface area (Å²) < 4.78 is 6.05. The lowest BCUT2D eigenvalue weighted by Crippen LogP contribution is -2.67. The summed E-state index contributed by atoms with van der Waals surface area (Å²) in [5.41, 5.74) is 3.77. The Balaban J connectivity index is 1.51. The van der Waals surface area contributed by atoms with E-state index >= 15 is 0 Å². The van der Waals surface area contributed by atoms with Gasteiger partial charge < -0.3 is 4.74 Å². The van der Waals surface area contributed by atoms with Gasteiger partial charge in [-0.2, -0.15) is 0 Å². The zero-order valence-electron chi connectivity index (χ0n) is 22.7. The maximum Gasteiger partial charge on any atom is 0.0625 e. The lowest BCUT2D eigenvalue weighted by molar-refractivity contribution is -0.252. The summed E-state index contributed by atoms with van der Waals surface area (Å²) in [5.74, 6) is 4.27. The molecule has 10 atom stereocenters.